The number of hydrogen-bond donors (Lipinski definition) is 0. The second-order valence-electron chi connectivity index (χ2n) is 5.55. The molecule has 0 radical (unpaired) electrons. The molecule has 2 nitrogen and oxygen atoms in total. The summed E-state index contributed by atoms with van der Waals surface area (Å²) in [6, 6.07) is 0. The Morgan fingerprint density at radius 3 is 2.50 bits per heavy atom. The first-order chi connectivity index (χ1) is 7.74. The Hall–Kier alpha value is -0.0200. The summed E-state index contributed by atoms with van der Waals surface area (Å²) >= 11 is 2.04. The third kappa shape index (κ3) is 3.01. The Bertz CT molecular complexity index is 230. The number of thioether (sulfide) groups is 1. The van der Waals surface area contributed by atoms with Crippen LogP contribution in [0, 0.1) is 11.3 Å². The van der Waals surface area contributed by atoms with E-state index in [1.165, 1.54) is 43.7 Å². The molecule has 0 bridgehead atoms. The van der Waals surface area contributed by atoms with Crippen molar-refractivity contribution in [2.45, 2.75) is 32.6 Å². The Labute approximate surface area is 103 Å². The lowest BCUT2D eigenvalue weighted by atomic mass is 9.71. The van der Waals surface area contributed by atoms with Crippen LogP contribution in [0.4, 0.5) is 0 Å². The SMILES string of the molecule is CC1CCC(C=O)(CN2CCSCC2)CC1. The first-order valence-electron chi connectivity index (χ1n) is 6.50. The van der Waals surface area contributed by atoms with Gasteiger partial charge in [-0.15, -0.1) is 0 Å². The van der Waals surface area contributed by atoms with Crippen LogP contribution in [-0.2, 0) is 4.79 Å². The average molecular weight is 241 g/mol. The number of rotatable bonds is 3. The van der Waals surface area contributed by atoms with Crippen LogP contribution in [0.5, 0.6) is 0 Å². The second-order valence-corrected chi connectivity index (χ2v) is 6.78. The summed E-state index contributed by atoms with van der Waals surface area (Å²) < 4.78 is 0. The van der Waals surface area contributed by atoms with E-state index < -0.39 is 0 Å². The molecule has 0 aromatic rings. The van der Waals surface area contributed by atoms with Gasteiger partial charge in [-0.25, -0.2) is 0 Å². The van der Waals surface area contributed by atoms with E-state index in [0.29, 0.717) is 0 Å². The molecule has 0 aromatic carbocycles. The maximum atomic E-state index is 11.4. The van der Waals surface area contributed by atoms with Gasteiger partial charge >= 0.3 is 0 Å². The van der Waals surface area contributed by atoms with Crippen molar-refractivity contribution in [3.8, 4) is 0 Å². The molecule has 1 heterocycles. The molecule has 2 fully saturated rings. The van der Waals surface area contributed by atoms with Crippen LogP contribution < -0.4 is 0 Å². The van der Waals surface area contributed by atoms with Gasteiger partial charge in [0.15, 0.2) is 0 Å². The van der Waals surface area contributed by atoms with Gasteiger partial charge in [0, 0.05) is 36.6 Å². The van der Waals surface area contributed by atoms with Gasteiger partial charge in [0.1, 0.15) is 6.29 Å². The van der Waals surface area contributed by atoms with Crippen molar-refractivity contribution in [3.63, 3.8) is 0 Å². The molecule has 16 heavy (non-hydrogen) atoms. The number of nitrogens with zero attached hydrogens (tertiary/aromatic N) is 1. The van der Waals surface area contributed by atoms with Crippen LogP contribution in [0.25, 0.3) is 0 Å². The normalized spacial score (nSPS) is 37.2. The van der Waals surface area contributed by atoms with Gasteiger partial charge < -0.3 is 9.69 Å². The zero-order valence-corrected chi connectivity index (χ0v) is 11.1. The highest BCUT2D eigenvalue weighted by atomic mass is 32.2. The monoisotopic (exact) mass is 241 g/mol. The Morgan fingerprint density at radius 1 is 1.31 bits per heavy atom. The van der Waals surface area contributed by atoms with E-state index in [4.69, 9.17) is 0 Å². The minimum atomic E-state index is -0.00544. The maximum Gasteiger partial charge on any atom is 0.127 e. The molecule has 0 spiro atoms. The molecular formula is C13H23NOS. The van der Waals surface area contributed by atoms with E-state index in [0.717, 1.165) is 25.3 Å². The molecule has 0 atom stereocenters. The third-order valence-electron chi connectivity index (χ3n) is 4.16. The van der Waals surface area contributed by atoms with Crippen LogP contribution in [0.2, 0.25) is 0 Å². The molecule has 92 valence electrons. The van der Waals surface area contributed by atoms with E-state index in [2.05, 4.69) is 11.8 Å². The summed E-state index contributed by atoms with van der Waals surface area (Å²) in [5, 5.41) is 0. The molecule has 0 aromatic heterocycles. The largest absolute Gasteiger partial charge is 0.303 e. The van der Waals surface area contributed by atoms with Crippen LogP contribution in [0.3, 0.4) is 0 Å². The van der Waals surface area contributed by atoms with E-state index in [1.54, 1.807) is 0 Å². The van der Waals surface area contributed by atoms with Crippen LogP contribution in [-0.4, -0.2) is 42.3 Å². The number of hydrogen-bond acceptors (Lipinski definition) is 3. The predicted octanol–water partition coefficient (Wildman–Crippen LogP) is 2.43. The van der Waals surface area contributed by atoms with Gasteiger partial charge in [-0.05, 0) is 31.6 Å². The lowest BCUT2D eigenvalue weighted by Crippen LogP contribution is -2.44. The van der Waals surface area contributed by atoms with Crippen molar-refractivity contribution in [1.82, 2.24) is 4.90 Å². The molecule has 0 unspecified atom stereocenters. The van der Waals surface area contributed by atoms with Gasteiger partial charge in [0.05, 0.1) is 0 Å². The smallest absolute Gasteiger partial charge is 0.127 e. The molecule has 2 rings (SSSR count). The van der Waals surface area contributed by atoms with Crippen LogP contribution in [0.1, 0.15) is 32.6 Å². The lowest BCUT2D eigenvalue weighted by Gasteiger charge is -2.39. The quantitative estimate of drug-likeness (QED) is 0.708. The Morgan fingerprint density at radius 2 is 1.94 bits per heavy atom. The molecule has 1 saturated carbocycles. The zero-order valence-electron chi connectivity index (χ0n) is 10.3. The van der Waals surface area contributed by atoms with Crippen molar-refractivity contribution in [1.29, 1.82) is 0 Å². The van der Waals surface area contributed by atoms with Crippen molar-refractivity contribution in [2.24, 2.45) is 11.3 Å². The van der Waals surface area contributed by atoms with E-state index in [-0.39, 0.29) is 5.41 Å². The molecule has 1 saturated heterocycles. The van der Waals surface area contributed by atoms with Crippen molar-refractivity contribution < 1.29 is 4.79 Å². The summed E-state index contributed by atoms with van der Waals surface area (Å²) in [5.74, 6) is 3.31. The summed E-state index contributed by atoms with van der Waals surface area (Å²) in [4.78, 5) is 13.9. The molecule has 0 amide bonds. The minimum Gasteiger partial charge on any atom is -0.303 e. The summed E-state index contributed by atoms with van der Waals surface area (Å²) in [6.07, 6.45) is 5.96. The highest BCUT2D eigenvalue weighted by Crippen LogP contribution is 2.38. The van der Waals surface area contributed by atoms with Crippen molar-refractivity contribution >= 4 is 18.0 Å². The average Bonchev–Trinajstić information content (AvgIpc) is 2.34. The third-order valence-corrected chi connectivity index (χ3v) is 5.10. The fourth-order valence-electron chi connectivity index (χ4n) is 2.85. The molecule has 1 aliphatic heterocycles. The molecule has 3 heteroatoms. The number of carbonyl (C=O) groups excluding carboxylic acids is 1. The first kappa shape index (κ1) is 12.4. The van der Waals surface area contributed by atoms with Gasteiger partial charge in [-0.3, -0.25) is 0 Å². The van der Waals surface area contributed by atoms with Gasteiger partial charge in [-0.1, -0.05) is 6.92 Å². The highest BCUT2D eigenvalue weighted by Gasteiger charge is 2.35. The summed E-state index contributed by atoms with van der Waals surface area (Å²) in [7, 11) is 0. The Kier molecular flexibility index (Phi) is 4.31. The van der Waals surface area contributed by atoms with Gasteiger partial charge in [0.2, 0.25) is 0 Å². The minimum absolute atomic E-state index is 0.00544. The van der Waals surface area contributed by atoms with E-state index in [1.807, 2.05) is 11.8 Å². The van der Waals surface area contributed by atoms with Crippen molar-refractivity contribution in [3.05, 3.63) is 0 Å². The Balaban J connectivity index is 1.90. The standard InChI is InChI=1S/C13H23NOS/c1-12-2-4-13(11-15,5-3-12)10-14-6-8-16-9-7-14/h11-12H,2-10H2,1H3. The van der Waals surface area contributed by atoms with Crippen molar-refractivity contribution in [2.75, 3.05) is 31.1 Å². The highest BCUT2D eigenvalue weighted by molar-refractivity contribution is 7.99. The van der Waals surface area contributed by atoms with E-state index >= 15 is 0 Å². The lowest BCUT2D eigenvalue weighted by molar-refractivity contribution is -0.119. The molecule has 0 N–H and O–H groups in total. The van der Waals surface area contributed by atoms with Gasteiger partial charge in [-0.2, -0.15) is 11.8 Å². The molecule has 2 aliphatic rings. The summed E-state index contributed by atoms with van der Waals surface area (Å²) in [6.45, 7) is 5.68. The number of carbonyl (C=O) groups is 1. The number of aldehydes is 1. The topological polar surface area (TPSA) is 20.3 Å². The fourth-order valence-corrected chi connectivity index (χ4v) is 3.83. The van der Waals surface area contributed by atoms with Crippen LogP contribution in [0.15, 0.2) is 0 Å². The predicted molar refractivity (Wildman–Crippen MR) is 69.9 cm³/mol. The first-order valence-corrected chi connectivity index (χ1v) is 7.66. The van der Waals surface area contributed by atoms with E-state index in [9.17, 15) is 4.79 Å². The van der Waals surface area contributed by atoms with Crippen LogP contribution >= 0.6 is 11.8 Å². The molecule has 1 aliphatic carbocycles. The van der Waals surface area contributed by atoms with Gasteiger partial charge in [0.25, 0.3) is 0 Å². The second kappa shape index (κ2) is 5.54. The summed E-state index contributed by atoms with van der Waals surface area (Å²) in [5.41, 5.74) is -0.00544. The zero-order chi connectivity index (χ0) is 11.4. The molecular weight excluding hydrogens is 218 g/mol. The fraction of sp³-hybridized carbons (Fsp3) is 0.923. The maximum absolute atomic E-state index is 11.4.